The third-order valence-electron chi connectivity index (χ3n) is 9.30. The van der Waals surface area contributed by atoms with E-state index >= 15 is 0 Å². The molecular formula is C44H68. The van der Waals surface area contributed by atoms with Gasteiger partial charge in [0.25, 0.3) is 0 Å². The largest absolute Gasteiger partial charge is 0.103 e. The van der Waals surface area contributed by atoms with Crippen molar-refractivity contribution in [2.45, 2.75) is 163 Å². The first kappa shape index (κ1) is 37.8. The molecule has 0 spiro atoms. The van der Waals surface area contributed by atoms with Gasteiger partial charge >= 0.3 is 0 Å². The van der Waals surface area contributed by atoms with Crippen molar-refractivity contribution in [2.75, 3.05) is 0 Å². The lowest BCUT2D eigenvalue weighted by Gasteiger charge is -2.26. The highest BCUT2D eigenvalue weighted by molar-refractivity contribution is 5.78. The maximum Gasteiger partial charge on any atom is -0.0125 e. The number of allylic oxidation sites excluding steroid dienone is 10. The Morgan fingerprint density at radius 1 is 0.841 bits per heavy atom. The third-order valence-corrected chi connectivity index (χ3v) is 9.30. The van der Waals surface area contributed by atoms with E-state index in [9.17, 15) is 0 Å². The highest BCUT2D eigenvalue weighted by atomic mass is 14.3. The van der Waals surface area contributed by atoms with Crippen LogP contribution in [0.4, 0.5) is 0 Å². The lowest BCUT2D eigenvalue weighted by atomic mass is 9.79. The van der Waals surface area contributed by atoms with Gasteiger partial charge in [0, 0.05) is 0 Å². The fourth-order valence-electron chi connectivity index (χ4n) is 6.59. The van der Waals surface area contributed by atoms with E-state index in [1.165, 1.54) is 92.1 Å². The molecule has 0 aliphatic heterocycles. The quantitative estimate of drug-likeness (QED) is 0.0632. The number of unbranched alkanes of at least 4 members (excludes halogenated alkanes) is 3. The molecule has 2 unspecified atom stereocenters. The summed E-state index contributed by atoms with van der Waals surface area (Å²) in [6.45, 7) is 22.6. The minimum atomic E-state index is 0.538. The normalized spacial score (nSPS) is 16.0. The van der Waals surface area contributed by atoms with Gasteiger partial charge in [0.15, 0.2) is 0 Å². The topological polar surface area (TPSA) is 0 Å². The fourth-order valence-corrected chi connectivity index (χ4v) is 6.59. The molecule has 0 aromatic heterocycles. The van der Waals surface area contributed by atoms with Crippen molar-refractivity contribution in [1.29, 1.82) is 0 Å². The lowest BCUT2D eigenvalue weighted by Crippen LogP contribution is -2.09. The minimum absolute atomic E-state index is 0.538. The summed E-state index contributed by atoms with van der Waals surface area (Å²) in [7, 11) is 0. The van der Waals surface area contributed by atoms with E-state index in [1.807, 2.05) is 0 Å². The fraction of sp³-hybridized carbons (Fsp3) is 0.591. The predicted octanol–water partition coefficient (Wildman–Crippen LogP) is 14.8. The Bertz CT molecular complexity index is 1100. The number of hydrogen-bond acceptors (Lipinski definition) is 0. The molecule has 0 N–H and O–H groups in total. The van der Waals surface area contributed by atoms with Gasteiger partial charge in [-0.25, -0.2) is 0 Å². The molecule has 44 heavy (non-hydrogen) atoms. The van der Waals surface area contributed by atoms with Crippen LogP contribution < -0.4 is 0 Å². The monoisotopic (exact) mass is 597 g/mol. The van der Waals surface area contributed by atoms with Crippen LogP contribution in [-0.2, 0) is 0 Å². The summed E-state index contributed by atoms with van der Waals surface area (Å²) in [4.78, 5) is 0. The van der Waals surface area contributed by atoms with Crippen LogP contribution >= 0.6 is 0 Å². The standard InChI is InChI=1S/C44H68/c1-9-16-19-26-40(33-43(35(8)20-12-4)39(24-17-10-2)25-18-11-3)41-31-32-42(38(23-15-7)30-29-36-27-28-36)44(34-41)37(21-13-5)22-14-6/h13,17,24-26,31-34,36-38H,5,8-12,14-16,18-23,27-30H2,1-4,6-7H3/b24-17-,39-25+,40-26+,43-33+. The summed E-state index contributed by atoms with van der Waals surface area (Å²) in [6.07, 6.45) is 34.9. The summed E-state index contributed by atoms with van der Waals surface area (Å²) >= 11 is 0. The molecule has 0 bridgehead atoms. The lowest BCUT2D eigenvalue weighted by molar-refractivity contribution is 0.512. The Balaban J connectivity index is 2.78. The van der Waals surface area contributed by atoms with Crippen molar-refractivity contribution < 1.29 is 0 Å². The average Bonchev–Trinajstić information content (AvgIpc) is 3.86. The summed E-state index contributed by atoms with van der Waals surface area (Å²) in [5.41, 5.74) is 9.87. The van der Waals surface area contributed by atoms with Crippen LogP contribution in [0.25, 0.3) is 5.57 Å². The molecule has 1 fully saturated rings. The molecule has 1 aliphatic rings. The zero-order chi connectivity index (χ0) is 32.2. The first-order valence-electron chi connectivity index (χ1n) is 18.7. The molecule has 0 radical (unpaired) electrons. The van der Waals surface area contributed by atoms with Gasteiger partial charge < -0.3 is 0 Å². The average molecular weight is 597 g/mol. The molecule has 1 aromatic carbocycles. The molecule has 2 rings (SSSR count). The van der Waals surface area contributed by atoms with Gasteiger partial charge in [-0.1, -0.05) is 148 Å². The molecule has 0 nitrogen and oxygen atoms in total. The molecule has 244 valence electrons. The molecule has 1 saturated carbocycles. The van der Waals surface area contributed by atoms with E-state index in [1.54, 1.807) is 11.1 Å². The van der Waals surface area contributed by atoms with Crippen LogP contribution in [-0.4, -0.2) is 0 Å². The Hall–Kier alpha value is -2.34. The molecule has 2 atom stereocenters. The number of benzene rings is 1. The van der Waals surface area contributed by atoms with Crippen molar-refractivity contribution in [1.82, 2.24) is 0 Å². The van der Waals surface area contributed by atoms with Crippen molar-refractivity contribution in [3.8, 4) is 0 Å². The molecule has 0 amide bonds. The van der Waals surface area contributed by atoms with Crippen LogP contribution in [0.5, 0.6) is 0 Å². The van der Waals surface area contributed by atoms with E-state index in [0.717, 1.165) is 50.9 Å². The summed E-state index contributed by atoms with van der Waals surface area (Å²) in [6, 6.07) is 7.60. The van der Waals surface area contributed by atoms with E-state index in [2.05, 4.69) is 109 Å². The smallest absolute Gasteiger partial charge is 0.0125 e. The van der Waals surface area contributed by atoms with E-state index in [0.29, 0.717) is 11.8 Å². The van der Waals surface area contributed by atoms with Crippen LogP contribution in [0, 0.1) is 5.92 Å². The Morgan fingerprint density at radius 3 is 2.20 bits per heavy atom. The SMILES string of the molecule is C=CCC(CCC)c1cc(C(/C=C(C(=C)CCC)/C(/C=C\CC)=C/CCC)=C/CCCC)ccc1C(CCC)CCC1CC1. The highest BCUT2D eigenvalue weighted by Crippen LogP contribution is 2.42. The van der Waals surface area contributed by atoms with Gasteiger partial charge in [0.1, 0.15) is 0 Å². The zero-order valence-electron chi connectivity index (χ0n) is 29.9. The second kappa shape index (κ2) is 22.2. The van der Waals surface area contributed by atoms with Crippen LogP contribution in [0.15, 0.2) is 84.5 Å². The Kier molecular flexibility index (Phi) is 19.1. The Morgan fingerprint density at radius 2 is 1.59 bits per heavy atom. The maximum atomic E-state index is 4.64. The molecule has 0 heterocycles. The molecule has 1 aliphatic carbocycles. The predicted molar refractivity (Wildman–Crippen MR) is 201 cm³/mol. The van der Waals surface area contributed by atoms with Crippen molar-refractivity contribution in [3.63, 3.8) is 0 Å². The van der Waals surface area contributed by atoms with E-state index in [-0.39, 0.29) is 0 Å². The minimum Gasteiger partial charge on any atom is -0.103 e. The molecule has 0 saturated heterocycles. The second-order valence-electron chi connectivity index (χ2n) is 13.3. The third kappa shape index (κ3) is 12.9. The van der Waals surface area contributed by atoms with Crippen molar-refractivity contribution >= 4 is 5.57 Å². The summed E-state index contributed by atoms with van der Waals surface area (Å²) in [5.74, 6) is 2.19. The Labute approximate surface area is 274 Å². The second-order valence-corrected chi connectivity index (χ2v) is 13.3. The van der Waals surface area contributed by atoms with Gasteiger partial charge in [-0.2, -0.15) is 0 Å². The maximum absolute atomic E-state index is 4.64. The van der Waals surface area contributed by atoms with Crippen LogP contribution in [0.1, 0.15) is 179 Å². The van der Waals surface area contributed by atoms with Crippen LogP contribution in [0.2, 0.25) is 0 Å². The van der Waals surface area contributed by atoms with Crippen LogP contribution in [0.3, 0.4) is 0 Å². The molecular weight excluding hydrogens is 528 g/mol. The highest BCUT2D eigenvalue weighted by Gasteiger charge is 2.25. The van der Waals surface area contributed by atoms with Gasteiger partial charge in [0.05, 0.1) is 0 Å². The van der Waals surface area contributed by atoms with Gasteiger partial charge in [-0.15, -0.1) is 6.58 Å². The molecule has 1 aromatic rings. The van der Waals surface area contributed by atoms with Gasteiger partial charge in [-0.05, 0) is 121 Å². The van der Waals surface area contributed by atoms with E-state index in [4.69, 9.17) is 0 Å². The van der Waals surface area contributed by atoms with Gasteiger partial charge in [-0.3, -0.25) is 0 Å². The molecule has 0 heteroatoms. The summed E-state index contributed by atoms with van der Waals surface area (Å²) < 4.78 is 0. The number of hydrogen-bond donors (Lipinski definition) is 0. The zero-order valence-corrected chi connectivity index (χ0v) is 29.9. The van der Waals surface area contributed by atoms with Crippen molar-refractivity contribution in [3.05, 3.63) is 101 Å². The van der Waals surface area contributed by atoms with Gasteiger partial charge in [0.2, 0.25) is 0 Å². The van der Waals surface area contributed by atoms with Crippen molar-refractivity contribution in [2.24, 2.45) is 5.92 Å². The van der Waals surface area contributed by atoms with E-state index < -0.39 is 0 Å². The first-order chi connectivity index (χ1) is 21.5. The summed E-state index contributed by atoms with van der Waals surface area (Å²) in [5, 5.41) is 0. The first-order valence-corrected chi connectivity index (χ1v) is 18.7. The number of rotatable bonds is 24.